The number of ketones is 2. The van der Waals surface area contributed by atoms with E-state index in [2.05, 4.69) is 45.7 Å². The van der Waals surface area contributed by atoms with Crippen LogP contribution in [0.4, 0.5) is 24.5 Å². The zero-order valence-corrected chi connectivity index (χ0v) is 32.3. The number of aromatic nitrogens is 7. The largest absolute Gasteiger partial charge is 0.478 e. The Hall–Kier alpha value is -8.22. The lowest BCUT2D eigenvalue weighted by Gasteiger charge is -2.11. The van der Waals surface area contributed by atoms with Gasteiger partial charge in [-0.25, -0.2) is 23.9 Å². The SMILES string of the molecule is CCCC(=O)c1cc(-n2cc(-c3ccc(C(=O)O)c(C)c3)nn2)nc(-n2cc(-c3ccc(C(=O)O)c(C(F)(F)F)c3)nn2)c1.CCCC(=O)c1cc(N=[N+]=[N-])cc(N=[N+]=[N-])c1. The van der Waals surface area contributed by atoms with Crippen LogP contribution in [0.15, 0.2) is 89.4 Å². The molecular weight excluding hydrogens is 804 g/mol. The smallest absolute Gasteiger partial charge is 0.417 e. The normalized spacial score (nSPS) is 10.8. The molecule has 19 nitrogen and oxygen atoms in total. The Morgan fingerprint density at radius 1 is 0.689 bits per heavy atom. The summed E-state index contributed by atoms with van der Waals surface area (Å²) in [7, 11) is 0. The number of alkyl halides is 3. The first kappa shape index (κ1) is 43.9. The van der Waals surface area contributed by atoms with Gasteiger partial charge in [-0.15, -0.1) is 10.2 Å². The predicted molar refractivity (Wildman–Crippen MR) is 211 cm³/mol. The molecule has 3 aromatic heterocycles. The first-order valence-corrected chi connectivity index (χ1v) is 18.0. The number of nitrogens with zero attached hydrogens (tertiary/aromatic N) is 13. The number of aryl methyl sites for hydroxylation is 1. The number of hydrogen-bond acceptors (Lipinski definition) is 11. The van der Waals surface area contributed by atoms with Gasteiger partial charge in [-0.05, 0) is 91.0 Å². The summed E-state index contributed by atoms with van der Waals surface area (Å²) in [6.45, 7) is 5.39. The molecule has 6 aromatic rings. The number of carbonyl (C=O) groups is 4. The van der Waals surface area contributed by atoms with E-state index in [1.807, 2.05) is 13.8 Å². The van der Waals surface area contributed by atoms with E-state index >= 15 is 0 Å². The third kappa shape index (κ3) is 10.6. The predicted octanol–water partition coefficient (Wildman–Crippen LogP) is 9.84. The summed E-state index contributed by atoms with van der Waals surface area (Å²) in [4.78, 5) is 57.0. The highest BCUT2D eigenvalue weighted by molar-refractivity contribution is 5.98. The highest BCUT2D eigenvalue weighted by Crippen LogP contribution is 2.35. The second-order valence-electron chi connectivity index (χ2n) is 13.0. The van der Waals surface area contributed by atoms with Crippen molar-refractivity contribution < 1.29 is 42.6 Å². The number of aromatic carboxylic acids is 2. The molecule has 0 spiro atoms. The maximum absolute atomic E-state index is 13.6. The third-order valence-corrected chi connectivity index (χ3v) is 8.68. The molecule has 0 bridgehead atoms. The number of hydrogen-bond donors (Lipinski definition) is 2. The number of rotatable bonds is 14. The summed E-state index contributed by atoms with van der Waals surface area (Å²) in [6.07, 6.45) is -0.138. The van der Waals surface area contributed by atoms with Gasteiger partial charge in [0, 0.05) is 56.3 Å². The number of pyridine rings is 1. The van der Waals surface area contributed by atoms with Gasteiger partial charge in [0.2, 0.25) is 0 Å². The summed E-state index contributed by atoms with van der Waals surface area (Å²) in [5.41, 5.74) is 17.3. The minimum absolute atomic E-state index is 0.00398. The molecule has 0 unspecified atom stereocenters. The van der Waals surface area contributed by atoms with Crippen LogP contribution in [-0.2, 0) is 6.18 Å². The standard InChI is InChI=1S/C29H22F3N7O5.C10H10N6O/c1-3-4-24(40)18-11-25(38-13-22(34-36-38)16-5-7-19(27(41)42)15(2)9-16)33-26(12-18)39-14-23(35-37-39)17-6-8-20(28(43)44)21(10-17)29(30,31)32;1-2-3-10(17)7-4-8(13-15-11)6-9(5-7)14-16-12/h5-14H,3-4H2,1-2H3,(H,41,42)(H,43,44);4-6H,2-3H2,1H3. The van der Waals surface area contributed by atoms with Crippen molar-refractivity contribution in [1.82, 2.24) is 35.0 Å². The van der Waals surface area contributed by atoms with Crippen molar-refractivity contribution in [2.24, 2.45) is 10.2 Å². The Labute approximate surface area is 342 Å². The zero-order chi connectivity index (χ0) is 44.4. The Bertz CT molecular complexity index is 2730. The maximum atomic E-state index is 13.6. The highest BCUT2D eigenvalue weighted by Gasteiger charge is 2.36. The van der Waals surface area contributed by atoms with E-state index in [-0.39, 0.29) is 63.4 Å². The number of halogens is 3. The van der Waals surface area contributed by atoms with Crippen molar-refractivity contribution in [3.8, 4) is 34.2 Å². The maximum Gasteiger partial charge on any atom is 0.417 e. The van der Waals surface area contributed by atoms with Gasteiger partial charge in [0.1, 0.15) is 11.4 Å². The molecule has 61 heavy (non-hydrogen) atoms. The molecule has 0 aliphatic rings. The quantitative estimate of drug-likeness (QED) is 0.0450. The summed E-state index contributed by atoms with van der Waals surface area (Å²) in [6, 6.07) is 14.8. The van der Waals surface area contributed by atoms with E-state index in [0.717, 1.165) is 12.5 Å². The van der Waals surface area contributed by atoms with Gasteiger partial charge >= 0.3 is 18.1 Å². The van der Waals surface area contributed by atoms with Gasteiger partial charge in [0.05, 0.1) is 29.1 Å². The molecular formula is C39H32F3N13O6. The minimum Gasteiger partial charge on any atom is -0.478 e. The van der Waals surface area contributed by atoms with Crippen molar-refractivity contribution in [1.29, 1.82) is 0 Å². The van der Waals surface area contributed by atoms with Gasteiger partial charge in [-0.2, -0.15) is 13.2 Å². The molecule has 310 valence electrons. The van der Waals surface area contributed by atoms with E-state index < -0.39 is 29.2 Å². The molecule has 0 amide bonds. The van der Waals surface area contributed by atoms with E-state index in [4.69, 9.17) is 11.1 Å². The van der Waals surface area contributed by atoms with Crippen LogP contribution in [0.3, 0.4) is 0 Å². The van der Waals surface area contributed by atoms with Crippen LogP contribution < -0.4 is 0 Å². The summed E-state index contributed by atoms with van der Waals surface area (Å²) < 4.78 is 43.2. The molecule has 2 N–H and O–H groups in total. The van der Waals surface area contributed by atoms with Gasteiger partial charge in [0.25, 0.3) is 0 Å². The number of azide groups is 2. The van der Waals surface area contributed by atoms with Gasteiger partial charge in [-0.3, -0.25) is 9.59 Å². The lowest BCUT2D eigenvalue weighted by Crippen LogP contribution is -2.13. The first-order chi connectivity index (χ1) is 29.1. The summed E-state index contributed by atoms with van der Waals surface area (Å²) >= 11 is 0. The van der Waals surface area contributed by atoms with Crippen LogP contribution in [0.25, 0.3) is 55.0 Å². The summed E-state index contributed by atoms with van der Waals surface area (Å²) in [5, 5.41) is 41.5. The van der Waals surface area contributed by atoms with Crippen LogP contribution in [0.1, 0.15) is 92.1 Å². The molecule has 3 heterocycles. The number of benzene rings is 3. The average Bonchev–Trinajstić information content (AvgIpc) is 3.92. The molecule has 0 aliphatic carbocycles. The van der Waals surface area contributed by atoms with Crippen molar-refractivity contribution >= 4 is 34.9 Å². The monoisotopic (exact) mass is 835 g/mol. The molecule has 0 fully saturated rings. The molecule has 6 rings (SSSR count). The van der Waals surface area contributed by atoms with Crippen LogP contribution in [0, 0.1) is 6.92 Å². The zero-order valence-electron chi connectivity index (χ0n) is 32.3. The third-order valence-electron chi connectivity index (χ3n) is 8.68. The number of Topliss-reactive ketones (excluding diaryl/α,β-unsaturated/α-hetero) is 2. The van der Waals surface area contributed by atoms with E-state index in [1.165, 1.54) is 58.0 Å². The van der Waals surface area contributed by atoms with E-state index in [0.29, 0.717) is 41.3 Å². The van der Waals surface area contributed by atoms with E-state index in [1.54, 1.807) is 25.3 Å². The number of carbonyl (C=O) groups excluding carboxylic acids is 2. The fourth-order valence-corrected chi connectivity index (χ4v) is 5.82. The molecule has 0 aliphatic heterocycles. The summed E-state index contributed by atoms with van der Waals surface area (Å²) in [5.74, 6) is -2.76. The Morgan fingerprint density at radius 2 is 1.15 bits per heavy atom. The molecule has 0 saturated heterocycles. The fourth-order valence-electron chi connectivity index (χ4n) is 5.82. The average molecular weight is 836 g/mol. The van der Waals surface area contributed by atoms with Crippen molar-refractivity contribution in [2.75, 3.05) is 0 Å². The molecule has 0 atom stereocenters. The topological polar surface area (TPSA) is 281 Å². The van der Waals surface area contributed by atoms with Gasteiger partial charge < -0.3 is 10.2 Å². The minimum atomic E-state index is -4.92. The van der Waals surface area contributed by atoms with Crippen LogP contribution >= 0.6 is 0 Å². The molecule has 22 heteroatoms. The highest BCUT2D eigenvalue weighted by atomic mass is 19.4. The lowest BCUT2D eigenvalue weighted by molar-refractivity contribution is -0.138. The second-order valence-corrected chi connectivity index (χ2v) is 13.0. The molecule has 0 saturated carbocycles. The van der Waals surface area contributed by atoms with Crippen molar-refractivity contribution in [3.63, 3.8) is 0 Å². The fraction of sp³-hybridized carbons (Fsp3) is 0.205. The molecule has 3 aromatic carbocycles. The Kier molecular flexibility index (Phi) is 13.7. The Morgan fingerprint density at radius 3 is 1.57 bits per heavy atom. The van der Waals surface area contributed by atoms with E-state index in [9.17, 15) is 42.6 Å². The second kappa shape index (κ2) is 19.0. The number of carboxylic acid groups (broad SMARTS) is 2. The van der Waals surface area contributed by atoms with Crippen LogP contribution in [0.5, 0.6) is 0 Å². The number of carboxylic acids is 2. The van der Waals surface area contributed by atoms with Crippen molar-refractivity contribution in [3.05, 3.63) is 133 Å². The van der Waals surface area contributed by atoms with Gasteiger partial charge in [0.15, 0.2) is 23.2 Å². The van der Waals surface area contributed by atoms with Gasteiger partial charge in [-0.1, -0.05) is 46.6 Å². The van der Waals surface area contributed by atoms with Crippen molar-refractivity contribution in [2.45, 2.75) is 52.6 Å². The van der Waals surface area contributed by atoms with Crippen LogP contribution in [0.2, 0.25) is 0 Å². The van der Waals surface area contributed by atoms with Crippen LogP contribution in [-0.4, -0.2) is 68.7 Å². The first-order valence-electron chi connectivity index (χ1n) is 18.0. The lowest BCUT2D eigenvalue weighted by atomic mass is 10.0. The Balaban J connectivity index is 0.000000348. The molecule has 0 radical (unpaired) electrons.